The van der Waals surface area contributed by atoms with Crippen LogP contribution < -0.4 is 5.32 Å². The summed E-state index contributed by atoms with van der Waals surface area (Å²) in [5.41, 5.74) is 1.11. The topological polar surface area (TPSA) is 50.2 Å². The van der Waals surface area contributed by atoms with E-state index < -0.39 is 0 Å². The van der Waals surface area contributed by atoms with E-state index in [2.05, 4.69) is 14.9 Å². The van der Waals surface area contributed by atoms with Crippen LogP contribution in [-0.4, -0.2) is 33.6 Å². The van der Waals surface area contributed by atoms with Gasteiger partial charge in [-0.3, -0.25) is 0 Å². The summed E-state index contributed by atoms with van der Waals surface area (Å²) < 4.78 is 2.13. The van der Waals surface area contributed by atoms with Gasteiger partial charge in [-0.15, -0.1) is 0 Å². The Hall–Kier alpha value is -2.30. The minimum absolute atomic E-state index is 0.00266. The van der Waals surface area contributed by atoms with Crippen LogP contribution in [0.15, 0.2) is 42.7 Å². The molecule has 0 radical (unpaired) electrons. The Balaban J connectivity index is 1.48. The molecular weight excluding hydrogens is 252 g/mol. The van der Waals surface area contributed by atoms with Crippen molar-refractivity contribution in [3.05, 3.63) is 54.1 Å². The number of aryl methyl sites for hydroxylation is 1. The van der Waals surface area contributed by atoms with E-state index in [-0.39, 0.29) is 6.03 Å². The van der Waals surface area contributed by atoms with E-state index in [9.17, 15) is 4.79 Å². The standard InChI is InChI=1S/C15H18N4O/c1-12-16-7-8-19(12)14-10-18(11-14)15(20)17-9-13-5-3-2-4-6-13/h2-8,14H,9-11H2,1H3,(H,17,20). The molecule has 5 heteroatoms. The monoisotopic (exact) mass is 270 g/mol. The molecule has 1 aliphatic rings. The first-order valence-corrected chi connectivity index (χ1v) is 6.80. The summed E-state index contributed by atoms with van der Waals surface area (Å²) in [4.78, 5) is 18.0. The first kappa shape index (κ1) is 12.7. The Bertz CT molecular complexity index is 587. The van der Waals surface area contributed by atoms with E-state index in [0.29, 0.717) is 12.6 Å². The number of imidazole rings is 1. The fourth-order valence-corrected chi connectivity index (χ4v) is 2.46. The first-order valence-electron chi connectivity index (χ1n) is 6.80. The number of amides is 2. The summed E-state index contributed by atoms with van der Waals surface area (Å²) in [6.45, 7) is 4.05. The van der Waals surface area contributed by atoms with Gasteiger partial charge in [-0.2, -0.15) is 0 Å². The molecule has 20 heavy (non-hydrogen) atoms. The number of hydrogen-bond donors (Lipinski definition) is 1. The largest absolute Gasteiger partial charge is 0.334 e. The summed E-state index contributed by atoms with van der Waals surface area (Å²) in [5, 5.41) is 2.94. The normalized spacial score (nSPS) is 14.9. The van der Waals surface area contributed by atoms with Crippen LogP contribution in [0.25, 0.3) is 0 Å². The number of urea groups is 1. The van der Waals surface area contributed by atoms with Gasteiger partial charge in [0.1, 0.15) is 5.82 Å². The summed E-state index contributed by atoms with van der Waals surface area (Å²) in [6, 6.07) is 10.3. The number of carbonyl (C=O) groups is 1. The number of hydrogen-bond acceptors (Lipinski definition) is 2. The van der Waals surface area contributed by atoms with Gasteiger partial charge in [0.15, 0.2) is 0 Å². The van der Waals surface area contributed by atoms with Crippen molar-refractivity contribution in [2.75, 3.05) is 13.1 Å². The van der Waals surface area contributed by atoms with Gasteiger partial charge in [-0.25, -0.2) is 9.78 Å². The van der Waals surface area contributed by atoms with Crippen molar-refractivity contribution < 1.29 is 4.79 Å². The lowest BCUT2D eigenvalue weighted by Gasteiger charge is -2.40. The van der Waals surface area contributed by atoms with Crippen molar-refractivity contribution in [2.24, 2.45) is 0 Å². The molecule has 1 fully saturated rings. The molecule has 2 aromatic rings. The molecular formula is C15H18N4O. The maximum absolute atomic E-state index is 12.0. The van der Waals surface area contributed by atoms with Crippen LogP contribution in [0.2, 0.25) is 0 Å². The van der Waals surface area contributed by atoms with Gasteiger partial charge in [-0.1, -0.05) is 30.3 Å². The Morgan fingerprint density at radius 1 is 1.35 bits per heavy atom. The molecule has 1 aromatic carbocycles. The predicted molar refractivity (Wildman–Crippen MR) is 76.3 cm³/mol. The van der Waals surface area contributed by atoms with Gasteiger partial charge in [0.25, 0.3) is 0 Å². The van der Waals surface area contributed by atoms with Gasteiger partial charge in [0, 0.05) is 32.0 Å². The number of aromatic nitrogens is 2. The molecule has 2 amide bonds. The van der Waals surface area contributed by atoms with Crippen LogP contribution in [0.4, 0.5) is 4.79 Å². The van der Waals surface area contributed by atoms with Crippen LogP contribution in [0, 0.1) is 6.92 Å². The number of likely N-dealkylation sites (tertiary alicyclic amines) is 1. The van der Waals surface area contributed by atoms with Crippen molar-refractivity contribution in [2.45, 2.75) is 19.5 Å². The second-order valence-electron chi connectivity index (χ2n) is 5.08. The molecule has 2 heterocycles. The fourth-order valence-electron chi connectivity index (χ4n) is 2.46. The zero-order chi connectivity index (χ0) is 13.9. The van der Waals surface area contributed by atoms with E-state index in [4.69, 9.17) is 0 Å². The van der Waals surface area contributed by atoms with E-state index in [1.54, 1.807) is 6.20 Å². The van der Waals surface area contributed by atoms with Crippen LogP contribution in [0.3, 0.4) is 0 Å². The molecule has 3 rings (SSSR count). The summed E-state index contributed by atoms with van der Waals surface area (Å²) >= 11 is 0. The predicted octanol–water partition coefficient (Wildman–Crippen LogP) is 1.96. The lowest BCUT2D eigenvalue weighted by Crippen LogP contribution is -2.54. The smallest absolute Gasteiger partial charge is 0.317 e. The molecule has 1 aliphatic heterocycles. The molecule has 0 aliphatic carbocycles. The van der Waals surface area contributed by atoms with Crippen LogP contribution >= 0.6 is 0 Å². The fraction of sp³-hybridized carbons (Fsp3) is 0.333. The molecule has 0 atom stereocenters. The van der Waals surface area contributed by atoms with Crippen LogP contribution in [-0.2, 0) is 6.54 Å². The first-order chi connectivity index (χ1) is 9.74. The lowest BCUT2D eigenvalue weighted by molar-refractivity contribution is 0.123. The van der Waals surface area contributed by atoms with Crippen molar-refractivity contribution in [1.82, 2.24) is 19.8 Å². The van der Waals surface area contributed by atoms with E-state index in [1.165, 1.54) is 0 Å². The van der Waals surface area contributed by atoms with Gasteiger partial charge < -0.3 is 14.8 Å². The lowest BCUT2D eigenvalue weighted by atomic mass is 10.1. The van der Waals surface area contributed by atoms with Crippen LogP contribution in [0.5, 0.6) is 0 Å². The molecule has 0 saturated carbocycles. The summed E-state index contributed by atoms with van der Waals surface area (Å²) in [5.74, 6) is 0.999. The molecule has 5 nitrogen and oxygen atoms in total. The number of rotatable bonds is 3. The maximum atomic E-state index is 12.0. The number of nitrogens with one attached hydrogen (secondary N) is 1. The molecule has 0 bridgehead atoms. The highest BCUT2D eigenvalue weighted by Crippen LogP contribution is 2.22. The number of benzene rings is 1. The average molecular weight is 270 g/mol. The Labute approximate surface area is 118 Å². The van der Waals surface area contributed by atoms with Crippen molar-refractivity contribution in [3.63, 3.8) is 0 Å². The second kappa shape index (κ2) is 5.36. The Morgan fingerprint density at radius 2 is 2.10 bits per heavy atom. The third-order valence-electron chi connectivity index (χ3n) is 3.69. The van der Waals surface area contributed by atoms with E-state index >= 15 is 0 Å². The van der Waals surface area contributed by atoms with Crippen molar-refractivity contribution in [3.8, 4) is 0 Å². The third-order valence-corrected chi connectivity index (χ3v) is 3.69. The highest BCUT2D eigenvalue weighted by molar-refractivity contribution is 5.75. The Morgan fingerprint density at radius 3 is 2.75 bits per heavy atom. The highest BCUT2D eigenvalue weighted by Gasteiger charge is 2.32. The molecule has 1 saturated heterocycles. The number of carbonyl (C=O) groups excluding carboxylic acids is 1. The maximum Gasteiger partial charge on any atom is 0.317 e. The zero-order valence-corrected chi connectivity index (χ0v) is 11.5. The summed E-state index contributed by atoms with van der Waals surface area (Å²) in [7, 11) is 0. The molecule has 1 aromatic heterocycles. The average Bonchev–Trinajstić information content (AvgIpc) is 2.82. The molecule has 0 spiro atoms. The Kier molecular flexibility index (Phi) is 3.41. The minimum atomic E-state index is 0.00266. The van der Waals surface area contributed by atoms with Crippen LogP contribution in [0.1, 0.15) is 17.4 Å². The molecule has 1 N–H and O–H groups in total. The van der Waals surface area contributed by atoms with Crippen molar-refractivity contribution >= 4 is 6.03 Å². The van der Waals surface area contributed by atoms with Gasteiger partial charge >= 0.3 is 6.03 Å². The zero-order valence-electron chi connectivity index (χ0n) is 11.5. The minimum Gasteiger partial charge on any atom is -0.334 e. The van der Waals surface area contributed by atoms with E-state index in [1.807, 2.05) is 48.4 Å². The second-order valence-corrected chi connectivity index (χ2v) is 5.08. The molecule has 104 valence electrons. The van der Waals surface area contributed by atoms with Crippen molar-refractivity contribution in [1.29, 1.82) is 0 Å². The van der Waals surface area contributed by atoms with Gasteiger partial charge in [-0.05, 0) is 12.5 Å². The highest BCUT2D eigenvalue weighted by atomic mass is 16.2. The summed E-state index contributed by atoms with van der Waals surface area (Å²) in [6.07, 6.45) is 3.77. The third kappa shape index (κ3) is 2.52. The number of nitrogens with zero attached hydrogens (tertiary/aromatic N) is 3. The SMILES string of the molecule is Cc1nccn1C1CN(C(=O)NCc2ccccc2)C1. The van der Waals surface area contributed by atoms with Gasteiger partial charge in [0.2, 0.25) is 0 Å². The van der Waals surface area contributed by atoms with Gasteiger partial charge in [0.05, 0.1) is 6.04 Å². The molecule has 0 unspecified atom stereocenters. The van der Waals surface area contributed by atoms with E-state index in [0.717, 1.165) is 24.5 Å². The quantitative estimate of drug-likeness (QED) is 0.927.